The Balaban J connectivity index is 1.61. The third-order valence-corrected chi connectivity index (χ3v) is 4.49. The molecule has 21 heavy (non-hydrogen) atoms. The Kier molecular flexibility index (Phi) is 4.88. The highest BCUT2D eigenvalue weighted by molar-refractivity contribution is 5.25. The summed E-state index contributed by atoms with van der Waals surface area (Å²) >= 11 is 0. The van der Waals surface area contributed by atoms with Gasteiger partial charge in [-0.05, 0) is 51.0 Å². The quantitative estimate of drug-likeness (QED) is 0.897. The van der Waals surface area contributed by atoms with Gasteiger partial charge in [-0.2, -0.15) is 0 Å². The highest BCUT2D eigenvalue weighted by Gasteiger charge is 2.20. The molecule has 0 radical (unpaired) electrons. The molecule has 4 heteroatoms. The molecule has 1 saturated heterocycles. The summed E-state index contributed by atoms with van der Waals surface area (Å²) in [5.41, 5.74) is 2.04. The molecule has 0 atom stereocenters. The maximum atomic E-state index is 14.1. The normalized spacial score (nSPS) is 21.4. The van der Waals surface area contributed by atoms with Gasteiger partial charge in [0.2, 0.25) is 0 Å². The molecular formula is C17H26FN3. The molecule has 1 N–H and O–H groups in total. The van der Waals surface area contributed by atoms with Gasteiger partial charge in [-0.3, -0.25) is 4.90 Å². The Morgan fingerprint density at radius 2 is 2.05 bits per heavy atom. The van der Waals surface area contributed by atoms with Crippen LogP contribution >= 0.6 is 0 Å². The molecule has 3 rings (SSSR count). The van der Waals surface area contributed by atoms with E-state index in [-0.39, 0.29) is 5.82 Å². The van der Waals surface area contributed by atoms with Crippen molar-refractivity contribution >= 4 is 0 Å². The maximum absolute atomic E-state index is 14.1. The first-order chi connectivity index (χ1) is 10.2. The third kappa shape index (κ3) is 4.50. The van der Waals surface area contributed by atoms with E-state index in [1.165, 1.54) is 24.8 Å². The average molecular weight is 291 g/mol. The Labute approximate surface area is 127 Å². The van der Waals surface area contributed by atoms with Crippen molar-refractivity contribution in [2.45, 2.75) is 38.4 Å². The van der Waals surface area contributed by atoms with E-state index in [2.05, 4.69) is 22.2 Å². The van der Waals surface area contributed by atoms with E-state index in [1.54, 1.807) is 6.07 Å². The van der Waals surface area contributed by atoms with Crippen LogP contribution in [0.5, 0.6) is 0 Å². The molecular weight excluding hydrogens is 265 g/mol. The van der Waals surface area contributed by atoms with Gasteiger partial charge >= 0.3 is 0 Å². The zero-order chi connectivity index (χ0) is 14.7. The van der Waals surface area contributed by atoms with Gasteiger partial charge in [-0.1, -0.05) is 12.1 Å². The number of nitrogens with one attached hydrogen (secondary N) is 1. The summed E-state index contributed by atoms with van der Waals surface area (Å²) in [6.07, 6.45) is 3.74. The minimum absolute atomic E-state index is 0.0669. The van der Waals surface area contributed by atoms with Crippen LogP contribution in [0.15, 0.2) is 18.2 Å². The minimum atomic E-state index is -0.0669. The number of halogens is 1. The summed E-state index contributed by atoms with van der Waals surface area (Å²) in [6.45, 7) is 5.90. The van der Waals surface area contributed by atoms with Crippen molar-refractivity contribution in [1.82, 2.24) is 15.1 Å². The van der Waals surface area contributed by atoms with Gasteiger partial charge in [0.1, 0.15) is 5.82 Å². The molecule has 3 nitrogen and oxygen atoms in total. The number of benzene rings is 1. The molecule has 1 aromatic rings. The second-order valence-electron chi connectivity index (χ2n) is 6.51. The summed E-state index contributed by atoms with van der Waals surface area (Å²) in [6, 6.07) is 6.27. The second kappa shape index (κ2) is 6.86. The largest absolute Gasteiger partial charge is 0.310 e. The monoisotopic (exact) mass is 291 g/mol. The lowest BCUT2D eigenvalue weighted by atomic mass is 10.1. The Morgan fingerprint density at radius 3 is 2.86 bits per heavy atom. The summed E-state index contributed by atoms with van der Waals surface area (Å²) in [5, 5.41) is 3.50. The Hall–Kier alpha value is -0.970. The van der Waals surface area contributed by atoms with Crippen LogP contribution in [0, 0.1) is 5.82 Å². The summed E-state index contributed by atoms with van der Waals surface area (Å²) in [4.78, 5) is 4.73. The number of likely N-dealkylation sites (N-methyl/N-ethyl adjacent to an activating group) is 1. The van der Waals surface area contributed by atoms with Gasteiger partial charge in [-0.15, -0.1) is 0 Å². The van der Waals surface area contributed by atoms with Crippen molar-refractivity contribution in [3.05, 3.63) is 35.1 Å². The number of hydrogen-bond donors (Lipinski definition) is 1. The second-order valence-corrected chi connectivity index (χ2v) is 6.51. The standard InChI is InChI=1S/C17H26FN3/c1-20-7-2-8-21(10-9-20)13-15-11-14(3-6-17(15)18)12-19-16-4-5-16/h3,6,11,16,19H,2,4-5,7-10,12-13H2,1H3. The fourth-order valence-electron chi connectivity index (χ4n) is 2.91. The van der Waals surface area contributed by atoms with Crippen molar-refractivity contribution in [1.29, 1.82) is 0 Å². The smallest absolute Gasteiger partial charge is 0.127 e. The first-order valence-electron chi connectivity index (χ1n) is 8.12. The van der Waals surface area contributed by atoms with Crippen molar-refractivity contribution < 1.29 is 4.39 Å². The Bertz CT molecular complexity index is 473. The fourth-order valence-corrected chi connectivity index (χ4v) is 2.91. The molecule has 2 aliphatic rings. The fraction of sp³-hybridized carbons (Fsp3) is 0.647. The lowest BCUT2D eigenvalue weighted by Gasteiger charge is -2.21. The van der Waals surface area contributed by atoms with Gasteiger partial charge in [0.25, 0.3) is 0 Å². The molecule has 1 aliphatic heterocycles. The van der Waals surface area contributed by atoms with Gasteiger partial charge < -0.3 is 10.2 Å². The number of rotatable bonds is 5. The van der Waals surface area contributed by atoms with E-state index in [9.17, 15) is 4.39 Å². The highest BCUT2D eigenvalue weighted by Crippen LogP contribution is 2.20. The number of hydrogen-bond acceptors (Lipinski definition) is 3. The third-order valence-electron chi connectivity index (χ3n) is 4.49. The zero-order valence-electron chi connectivity index (χ0n) is 12.9. The average Bonchev–Trinajstić information content (AvgIpc) is 3.29. The van der Waals surface area contributed by atoms with Crippen LogP contribution in [0.3, 0.4) is 0 Å². The van der Waals surface area contributed by atoms with Gasteiger partial charge in [0.05, 0.1) is 0 Å². The molecule has 1 aromatic carbocycles. The first-order valence-corrected chi connectivity index (χ1v) is 8.12. The number of nitrogens with zero attached hydrogens (tertiary/aromatic N) is 2. The Morgan fingerprint density at radius 1 is 1.19 bits per heavy atom. The SMILES string of the molecule is CN1CCCN(Cc2cc(CNC3CC3)ccc2F)CC1. The molecule has 0 unspecified atom stereocenters. The van der Waals surface area contributed by atoms with E-state index in [0.717, 1.165) is 44.8 Å². The van der Waals surface area contributed by atoms with Crippen LogP contribution in [0.4, 0.5) is 4.39 Å². The molecule has 0 aromatic heterocycles. The van der Waals surface area contributed by atoms with Crippen LogP contribution in [0.1, 0.15) is 30.4 Å². The van der Waals surface area contributed by atoms with E-state index in [1.807, 2.05) is 12.1 Å². The van der Waals surface area contributed by atoms with Crippen molar-refractivity contribution in [2.24, 2.45) is 0 Å². The van der Waals surface area contributed by atoms with Crippen molar-refractivity contribution in [3.8, 4) is 0 Å². The zero-order valence-corrected chi connectivity index (χ0v) is 12.9. The van der Waals surface area contributed by atoms with E-state index in [0.29, 0.717) is 6.04 Å². The first kappa shape index (κ1) is 14.9. The molecule has 0 spiro atoms. The predicted octanol–water partition coefficient (Wildman–Crippen LogP) is 2.22. The van der Waals surface area contributed by atoms with E-state index < -0.39 is 0 Å². The summed E-state index contributed by atoms with van der Waals surface area (Å²) in [7, 11) is 2.16. The van der Waals surface area contributed by atoms with Crippen LogP contribution in [0.25, 0.3) is 0 Å². The lowest BCUT2D eigenvalue weighted by Crippen LogP contribution is -2.29. The summed E-state index contributed by atoms with van der Waals surface area (Å²) < 4.78 is 14.1. The van der Waals surface area contributed by atoms with Gasteiger partial charge in [0, 0.05) is 37.8 Å². The van der Waals surface area contributed by atoms with Crippen LogP contribution in [-0.2, 0) is 13.1 Å². The predicted molar refractivity (Wildman–Crippen MR) is 83.7 cm³/mol. The molecule has 1 heterocycles. The molecule has 2 fully saturated rings. The summed E-state index contributed by atoms with van der Waals surface area (Å²) in [5.74, 6) is -0.0669. The minimum Gasteiger partial charge on any atom is -0.310 e. The lowest BCUT2D eigenvalue weighted by molar-refractivity contribution is 0.266. The van der Waals surface area contributed by atoms with Crippen LogP contribution < -0.4 is 5.32 Å². The van der Waals surface area contributed by atoms with Crippen LogP contribution in [-0.4, -0.2) is 49.1 Å². The van der Waals surface area contributed by atoms with Crippen molar-refractivity contribution in [3.63, 3.8) is 0 Å². The highest BCUT2D eigenvalue weighted by atomic mass is 19.1. The molecule has 0 bridgehead atoms. The van der Waals surface area contributed by atoms with Gasteiger partial charge in [0.15, 0.2) is 0 Å². The van der Waals surface area contributed by atoms with Gasteiger partial charge in [-0.25, -0.2) is 4.39 Å². The topological polar surface area (TPSA) is 18.5 Å². The molecule has 116 valence electrons. The molecule has 1 aliphatic carbocycles. The molecule has 0 amide bonds. The van der Waals surface area contributed by atoms with E-state index >= 15 is 0 Å². The van der Waals surface area contributed by atoms with E-state index in [4.69, 9.17) is 0 Å². The van der Waals surface area contributed by atoms with Crippen LogP contribution in [0.2, 0.25) is 0 Å². The van der Waals surface area contributed by atoms with Crippen molar-refractivity contribution in [2.75, 3.05) is 33.2 Å². The molecule has 1 saturated carbocycles. The maximum Gasteiger partial charge on any atom is 0.127 e.